The van der Waals surface area contributed by atoms with E-state index in [1.54, 1.807) is 12.4 Å². The first-order valence-electron chi connectivity index (χ1n) is 12.5. The van der Waals surface area contributed by atoms with Crippen molar-refractivity contribution in [2.24, 2.45) is 4.99 Å². The predicted octanol–water partition coefficient (Wildman–Crippen LogP) is 8.34. The van der Waals surface area contributed by atoms with Crippen molar-refractivity contribution in [3.8, 4) is 11.5 Å². The molecule has 0 bridgehead atoms. The minimum absolute atomic E-state index is 0.868. The van der Waals surface area contributed by atoms with E-state index < -0.39 is 0 Å². The predicted molar refractivity (Wildman–Crippen MR) is 156 cm³/mol. The van der Waals surface area contributed by atoms with Gasteiger partial charge < -0.3 is 4.57 Å². The van der Waals surface area contributed by atoms with Gasteiger partial charge in [0.25, 0.3) is 0 Å². The molecule has 0 saturated heterocycles. The average molecular weight is 477 g/mol. The Morgan fingerprint density at radius 3 is 2.43 bits per heavy atom. The number of pyridine rings is 1. The van der Waals surface area contributed by atoms with Crippen LogP contribution in [0.15, 0.2) is 121 Å². The standard InChI is InChI=1S/C33H24N4/c1-2-34-21-19-24-10-8-14-31(35-24)37-30-17-15-23-9-6-7-13-26(23)32(30)28-16-18-29-27(33(28)37)20-22-36(29)25-11-4-3-5-12-25/h2-22H,1H3/b21-19+,34-2?. The van der Waals surface area contributed by atoms with E-state index >= 15 is 0 Å². The average Bonchev–Trinajstić information content (AvgIpc) is 3.53. The van der Waals surface area contributed by atoms with Crippen molar-refractivity contribution in [1.29, 1.82) is 0 Å². The number of fused-ring (bicyclic) bond motifs is 7. The third-order valence-electron chi connectivity index (χ3n) is 6.98. The lowest BCUT2D eigenvalue weighted by Gasteiger charge is -2.10. The van der Waals surface area contributed by atoms with E-state index in [9.17, 15) is 0 Å². The molecule has 0 aliphatic heterocycles. The minimum atomic E-state index is 0.868. The molecule has 4 aromatic carbocycles. The monoisotopic (exact) mass is 476 g/mol. The summed E-state index contributed by atoms with van der Waals surface area (Å²) in [6, 6.07) is 36.4. The van der Waals surface area contributed by atoms with Crippen molar-refractivity contribution in [3.63, 3.8) is 0 Å². The molecule has 4 nitrogen and oxygen atoms in total. The maximum absolute atomic E-state index is 5.03. The van der Waals surface area contributed by atoms with Gasteiger partial charge >= 0.3 is 0 Å². The molecule has 0 aliphatic carbocycles. The van der Waals surface area contributed by atoms with Crippen LogP contribution < -0.4 is 0 Å². The van der Waals surface area contributed by atoms with Crippen LogP contribution in [0.4, 0.5) is 0 Å². The second-order valence-electron chi connectivity index (χ2n) is 9.08. The second kappa shape index (κ2) is 8.61. The van der Waals surface area contributed by atoms with Gasteiger partial charge in [-0.05, 0) is 66.2 Å². The third-order valence-corrected chi connectivity index (χ3v) is 6.98. The summed E-state index contributed by atoms with van der Waals surface area (Å²) in [6.45, 7) is 1.91. The third kappa shape index (κ3) is 3.38. The van der Waals surface area contributed by atoms with Gasteiger partial charge in [-0.15, -0.1) is 0 Å². The number of nitrogens with zero attached hydrogens (tertiary/aromatic N) is 4. The Labute approximate surface area is 214 Å². The zero-order valence-corrected chi connectivity index (χ0v) is 20.4. The summed E-state index contributed by atoms with van der Waals surface area (Å²) in [6.07, 6.45) is 7.65. The maximum atomic E-state index is 5.03. The zero-order valence-electron chi connectivity index (χ0n) is 20.4. The molecule has 0 unspecified atom stereocenters. The van der Waals surface area contributed by atoms with Crippen molar-refractivity contribution >= 4 is 55.8 Å². The molecule has 7 rings (SSSR count). The lowest BCUT2D eigenvalue weighted by atomic mass is 10.0. The number of aliphatic imine (C=N–C) groups is 1. The van der Waals surface area contributed by atoms with Crippen LogP contribution in [0.2, 0.25) is 0 Å². The van der Waals surface area contributed by atoms with Crippen LogP contribution in [0.25, 0.3) is 61.1 Å². The number of rotatable bonds is 4. The summed E-state index contributed by atoms with van der Waals surface area (Å²) < 4.78 is 4.57. The maximum Gasteiger partial charge on any atom is 0.138 e. The van der Waals surface area contributed by atoms with Gasteiger partial charge in [0.1, 0.15) is 5.82 Å². The lowest BCUT2D eigenvalue weighted by molar-refractivity contribution is 1.08. The molecular weight excluding hydrogens is 452 g/mol. The number of benzene rings is 4. The molecule has 0 aliphatic rings. The fourth-order valence-corrected chi connectivity index (χ4v) is 5.41. The molecule has 3 aromatic heterocycles. The molecule has 0 spiro atoms. The van der Waals surface area contributed by atoms with Crippen molar-refractivity contribution in [3.05, 3.63) is 121 Å². The van der Waals surface area contributed by atoms with Crippen LogP contribution >= 0.6 is 0 Å². The van der Waals surface area contributed by atoms with E-state index in [4.69, 9.17) is 4.98 Å². The zero-order chi connectivity index (χ0) is 24.8. The quantitative estimate of drug-likeness (QED) is 0.235. The Balaban J connectivity index is 1.61. The molecule has 3 heterocycles. The number of para-hydroxylation sites is 1. The molecule has 176 valence electrons. The largest absolute Gasteiger partial charge is 0.316 e. The molecule has 0 N–H and O–H groups in total. The molecule has 0 radical (unpaired) electrons. The molecule has 4 heteroatoms. The van der Waals surface area contributed by atoms with Crippen molar-refractivity contribution < 1.29 is 0 Å². The molecular formula is C33H24N4. The Morgan fingerprint density at radius 2 is 1.54 bits per heavy atom. The van der Waals surface area contributed by atoms with Gasteiger partial charge in [-0.25, -0.2) is 4.98 Å². The van der Waals surface area contributed by atoms with E-state index in [-0.39, 0.29) is 0 Å². The van der Waals surface area contributed by atoms with Crippen LogP contribution in [-0.2, 0) is 0 Å². The van der Waals surface area contributed by atoms with Gasteiger partial charge in [-0.3, -0.25) is 9.56 Å². The number of aromatic nitrogens is 3. The SMILES string of the molecule is CC=N/C=C/c1cccc(-n2c3ccc4ccccc4c3c3ccc4c(ccn4-c4ccccc4)c32)n1. The first-order valence-corrected chi connectivity index (χ1v) is 12.5. The van der Waals surface area contributed by atoms with Gasteiger partial charge in [-0.1, -0.05) is 60.7 Å². The van der Waals surface area contributed by atoms with Crippen LogP contribution in [0.3, 0.4) is 0 Å². The van der Waals surface area contributed by atoms with E-state index in [2.05, 4.69) is 117 Å². The molecule has 7 aromatic rings. The van der Waals surface area contributed by atoms with Crippen LogP contribution in [0.1, 0.15) is 12.6 Å². The normalized spacial score (nSPS) is 12.2. The van der Waals surface area contributed by atoms with Crippen LogP contribution in [0, 0.1) is 0 Å². The topological polar surface area (TPSA) is 35.1 Å². The summed E-state index contributed by atoms with van der Waals surface area (Å²) in [7, 11) is 0. The van der Waals surface area contributed by atoms with Crippen molar-refractivity contribution in [2.75, 3.05) is 0 Å². The summed E-state index contributed by atoms with van der Waals surface area (Å²) in [5.74, 6) is 0.887. The highest BCUT2D eigenvalue weighted by Crippen LogP contribution is 2.40. The summed E-state index contributed by atoms with van der Waals surface area (Å²) in [4.78, 5) is 9.25. The first-order chi connectivity index (χ1) is 18.3. The first kappa shape index (κ1) is 21.3. The molecule has 0 fully saturated rings. The highest BCUT2D eigenvalue weighted by molar-refractivity contribution is 6.25. The van der Waals surface area contributed by atoms with Gasteiger partial charge in [0.2, 0.25) is 0 Å². The Bertz CT molecular complexity index is 1990. The van der Waals surface area contributed by atoms with Gasteiger partial charge in [0, 0.05) is 40.5 Å². The molecule has 0 amide bonds. The summed E-state index contributed by atoms with van der Waals surface area (Å²) >= 11 is 0. The van der Waals surface area contributed by atoms with Crippen LogP contribution in [-0.4, -0.2) is 20.3 Å². The Hall–Kier alpha value is -4.96. The number of hydrogen-bond acceptors (Lipinski definition) is 2. The van der Waals surface area contributed by atoms with Gasteiger partial charge in [0.05, 0.1) is 22.2 Å². The van der Waals surface area contributed by atoms with E-state index in [0.717, 1.165) is 22.7 Å². The molecule has 0 atom stereocenters. The summed E-state index contributed by atoms with van der Waals surface area (Å²) in [5.41, 5.74) is 5.49. The highest BCUT2D eigenvalue weighted by atomic mass is 15.1. The van der Waals surface area contributed by atoms with Gasteiger partial charge in [-0.2, -0.15) is 0 Å². The van der Waals surface area contributed by atoms with Crippen molar-refractivity contribution in [2.45, 2.75) is 6.92 Å². The van der Waals surface area contributed by atoms with E-state index in [1.165, 1.54) is 38.0 Å². The fourth-order valence-electron chi connectivity index (χ4n) is 5.41. The van der Waals surface area contributed by atoms with Gasteiger partial charge in [0.15, 0.2) is 0 Å². The minimum Gasteiger partial charge on any atom is -0.316 e. The fraction of sp³-hybridized carbons (Fsp3) is 0.0303. The highest BCUT2D eigenvalue weighted by Gasteiger charge is 2.19. The van der Waals surface area contributed by atoms with E-state index in [1.807, 2.05) is 19.1 Å². The summed E-state index contributed by atoms with van der Waals surface area (Å²) in [5, 5.41) is 6.15. The number of hydrogen-bond donors (Lipinski definition) is 0. The Morgan fingerprint density at radius 1 is 0.703 bits per heavy atom. The Kier molecular flexibility index (Phi) is 4.96. The lowest BCUT2D eigenvalue weighted by Crippen LogP contribution is -1.99. The molecule has 37 heavy (non-hydrogen) atoms. The van der Waals surface area contributed by atoms with E-state index in [0.29, 0.717) is 0 Å². The smallest absolute Gasteiger partial charge is 0.138 e. The molecule has 0 saturated carbocycles. The second-order valence-corrected chi connectivity index (χ2v) is 9.08. The van der Waals surface area contributed by atoms with Crippen LogP contribution in [0.5, 0.6) is 0 Å². The van der Waals surface area contributed by atoms with Crippen molar-refractivity contribution in [1.82, 2.24) is 14.1 Å².